The van der Waals surface area contributed by atoms with E-state index in [-0.39, 0.29) is 11.8 Å². The normalized spacial score (nSPS) is 11.3. The van der Waals surface area contributed by atoms with Gasteiger partial charge in [0.15, 0.2) is 0 Å². The summed E-state index contributed by atoms with van der Waals surface area (Å²) in [5, 5.41) is 14.5. The average molecular weight is 432 g/mol. The van der Waals surface area contributed by atoms with Crippen molar-refractivity contribution in [1.29, 1.82) is 5.26 Å². The van der Waals surface area contributed by atoms with Gasteiger partial charge in [0.1, 0.15) is 6.04 Å². The Bertz CT molecular complexity index is 836. The topological polar surface area (TPSA) is 82.0 Å². The molecule has 0 aromatic heterocycles. The van der Waals surface area contributed by atoms with Crippen molar-refractivity contribution >= 4 is 45.2 Å². The molecule has 134 valence electrons. The van der Waals surface area contributed by atoms with Gasteiger partial charge in [0.25, 0.3) is 5.91 Å². The zero-order valence-corrected chi connectivity index (χ0v) is 16.6. The summed E-state index contributed by atoms with van der Waals surface area (Å²) in [4.78, 5) is 25.2. The van der Waals surface area contributed by atoms with Crippen LogP contribution in [0.2, 0.25) is 0 Å². The van der Waals surface area contributed by atoms with Gasteiger partial charge < -0.3 is 10.6 Å². The van der Waals surface area contributed by atoms with E-state index in [2.05, 4.69) is 26.6 Å². The highest BCUT2D eigenvalue weighted by Crippen LogP contribution is 2.17. The van der Waals surface area contributed by atoms with E-state index in [0.29, 0.717) is 27.7 Å². The van der Waals surface area contributed by atoms with Gasteiger partial charge in [-0.25, -0.2) is 0 Å². The summed E-state index contributed by atoms with van der Waals surface area (Å²) in [7, 11) is 0. The van der Waals surface area contributed by atoms with Crippen LogP contribution in [-0.2, 0) is 4.79 Å². The number of hydrogen-bond donors (Lipinski definition) is 2. The molecule has 2 N–H and O–H groups in total. The quantitative estimate of drug-likeness (QED) is 0.697. The van der Waals surface area contributed by atoms with Crippen LogP contribution in [0.3, 0.4) is 0 Å². The molecule has 0 aliphatic rings. The van der Waals surface area contributed by atoms with Gasteiger partial charge in [-0.15, -0.1) is 0 Å². The van der Waals surface area contributed by atoms with E-state index in [9.17, 15) is 9.59 Å². The Balaban J connectivity index is 2.12. The van der Waals surface area contributed by atoms with E-state index in [1.807, 2.05) is 18.4 Å². The molecule has 5 nitrogen and oxygen atoms in total. The van der Waals surface area contributed by atoms with Crippen LogP contribution >= 0.6 is 27.7 Å². The molecule has 0 bridgehead atoms. The second-order valence-electron chi connectivity index (χ2n) is 5.47. The van der Waals surface area contributed by atoms with E-state index < -0.39 is 6.04 Å². The lowest BCUT2D eigenvalue weighted by atomic mass is 10.1. The van der Waals surface area contributed by atoms with Gasteiger partial charge >= 0.3 is 0 Å². The Hall–Kier alpha value is -2.30. The van der Waals surface area contributed by atoms with Crippen LogP contribution in [0, 0.1) is 11.3 Å². The molecule has 2 rings (SSSR count). The summed E-state index contributed by atoms with van der Waals surface area (Å²) in [6, 6.07) is 15.1. The fourth-order valence-electron chi connectivity index (χ4n) is 2.28. The minimum Gasteiger partial charge on any atom is -0.340 e. The van der Waals surface area contributed by atoms with Gasteiger partial charge in [0.2, 0.25) is 5.91 Å². The summed E-state index contributed by atoms with van der Waals surface area (Å²) >= 11 is 4.95. The van der Waals surface area contributed by atoms with E-state index in [4.69, 9.17) is 5.26 Å². The molecule has 0 saturated heterocycles. The summed E-state index contributed by atoms with van der Waals surface area (Å²) in [5.41, 5.74) is 1.46. The molecule has 2 amide bonds. The highest BCUT2D eigenvalue weighted by molar-refractivity contribution is 9.10. The van der Waals surface area contributed by atoms with Crippen molar-refractivity contribution in [1.82, 2.24) is 5.32 Å². The molecule has 0 radical (unpaired) electrons. The maximum absolute atomic E-state index is 12.6. The van der Waals surface area contributed by atoms with Crippen molar-refractivity contribution in [2.75, 3.05) is 17.3 Å². The maximum Gasteiger partial charge on any atom is 0.253 e. The Morgan fingerprint density at radius 3 is 2.69 bits per heavy atom. The molecule has 7 heteroatoms. The number of amides is 2. The number of thioether (sulfide) groups is 1. The molecule has 1 unspecified atom stereocenters. The van der Waals surface area contributed by atoms with E-state index >= 15 is 0 Å². The molecular formula is C19H18BrN3O2S. The van der Waals surface area contributed by atoms with Gasteiger partial charge in [-0.1, -0.05) is 18.2 Å². The number of halogens is 1. The molecule has 26 heavy (non-hydrogen) atoms. The number of nitriles is 1. The van der Waals surface area contributed by atoms with Crippen LogP contribution in [0.5, 0.6) is 0 Å². The summed E-state index contributed by atoms with van der Waals surface area (Å²) in [6.07, 6.45) is 2.45. The van der Waals surface area contributed by atoms with Gasteiger partial charge in [0.05, 0.1) is 17.2 Å². The second-order valence-corrected chi connectivity index (χ2v) is 7.31. The van der Waals surface area contributed by atoms with Crippen molar-refractivity contribution in [3.8, 4) is 6.07 Å². The average Bonchev–Trinajstić information content (AvgIpc) is 2.65. The largest absolute Gasteiger partial charge is 0.340 e. The van der Waals surface area contributed by atoms with Crippen molar-refractivity contribution < 1.29 is 9.59 Å². The highest BCUT2D eigenvalue weighted by atomic mass is 79.9. The van der Waals surface area contributed by atoms with E-state index in [1.165, 1.54) is 0 Å². The fourth-order valence-corrected chi connectivity index (χ4v) is 3.22. The van der Waals surface area contributed by atoms with Gasteiger partial charge in [-0.2, -0.15) is 17.0 Å². The number of anilines is 1. The summed E-state index contributed by atoms with van der Waals surface area (Å²) in [6.45, 7) is 0. The van der Waals surface area contributed by atoms with Crippen LogP contribution < -0.4 is 10.6 Å². The molecule has 0 aliphatic carbocycles. The van der Waals surface area contributed by atoms with Crippen LogP contribution in [0.4, 0.5) is 5.69 Å². The summed E-state index contributed by atoms with van der Waals surface area (Å²) in [5.74, 6) is 0.103. The zero-order valence-electron chi connectivity index (χ0n) is 14.2. The summed E-state index contributed by atoms with van der Waals surface area (Å²) < 4.78 is 0.670. The number of nitrogens with one attached hydrogen (secondary N) is 2. The smallest absolute Gasteiger partial charge is 0.253 e. The van der Waals surface area contributed by atoms with Crippen LogP contribution in [0.1, 0.15) is 22.3 Å². The molecule has 0 spiro atoms. The molecular weight excluding hydrogens is 414 g/mol. The molecule has 0 heterocycles. The Kier molecular flexibility index (Phi) is 7.70. The third-order valence-electron chi connectivity index (χ3n) is 3.61. The number of benzene rings is 2. The minimum atomic E-state index is -0.673. The minimum absolute atomic E-state index is 0.311. The molecule has 0 aliphatic heterocycles. The molecule has 0 saturated carbocycles. The van der Waals surface area contributed by atoms with Crippen molar-refractivity contribution in [2.24, 2.45) is 0 Å². The fraction of sp³-hybridized carbons (Fsp3) is 0.211. The van der Waals surface area contributed by atoms with Crippen molar-refractivity contribution in [3.63, 3.8) is 0 Å². The Morgan fingerprint density at radius 1 is 1.23 bits per heavy atom. The number of nitrogens with zero attached hydrogens (tertiary/aromatic N) is 1. The molecule has 1 atom stereocenters. The monoisotopic (exact) mass is 431 g/mol. The third kappa shape index (κ3) is 5.61. The zero-order chi connectivity index (χ0) is 18.9. The molecule has 2 aromatic carbocycles. The van der Waals surface area contributed by atoms with Gasteiger partial charge in [-0.3, -0.25) is 9.59 Å². The lowest BCUT2D eigenvalue weighted by Crippen LogP contribution is -2.44. The first-order valence-electron chi connectivity index (χ1n) is 7.90. The van der Waals surface area contributed by atoms with E-state index in [0.717, 1.165) is 5.75 Å². The Morgan fingerprint density at radius 2 is 2.00 bits per heavy atom. The predicted molar refractivity (Wildman–Crippen MR) is 108 cm³/mol. The first kappa shape index (κ1) is 20.0. The van der Waals surface area contributed by atoms with Gasteiger partial charge in [-0.05, 0) is 64.7 Å². The molecule has 0 fully saturated rings. The SMILES string of the molecule is CSCCC(NC(=O)c1ccccc1Br)C(=O)Nc1cccc(C#N)c1. The second kappa shape index (κ2) is 10.00. The number of carbonyl (C=O) groups excluding carboxylic acids is 2. The maximum atomic E-state index is 12.6. The van der Waals surface area contributed by atoms with Crippen molar-refractivity contribution in [3.05, 3.63) is 64.1 Å². The lowest BCUT2D eigenvalue weighted by Gasteiger charge is -2.18. The number of rotatable bonds is 7. The highest BCUT2D eigenvalue weighted by Gasteiger charge is 2.22. The van der Waals surface area contributed by atoms with E-state index in [1.54, 1.807) is 54.2 Å². The number of carbonyl (C=O) groups is 2. The predicted octanol–water partition coefficient (Wildman–Crippen LogP) is 3.81. The number of hydrogen-bond acceptors (Lipinski definition) is 4. The molecule has 2 aromatic rings. The lowest BCUT2D eigenvalue weighted by molar-refractivity contribution is -0.118. The van der Waals surface area contributed by atoms with Crippen LogP contribution in [-0.4, -0.2) is 29.9 Å². The standard InChI is InChI=1S/C19H18BrN3O2S/c1-26-10-9-17(23-18(24)15-7-2-3-8-16(15)20)19(25)22-14-6-4-5-13(11-14)12-21/h2-8,11,17H,9-10H2,1H3,(H,22,25)(H,23,24). The van der Waals surface area contributed by atoms with Crippen LogP contribution in [0.25, 0.3) is 0 Å². The van der Waals surface area contributed by atoms with Crippen LogP contribution in [0.15, 0.2) is 53.0 Å². The van der Waals surface area contributed by atoms with Crippen molar-refractivity contribution in [2.45, 2.75) is 12.5 Å². The first-order chi connectivity index (χ1) is 12.5. The first-order valence-corrected chi connectivity index (χ1v) is 10.1. The Labute approximate surface area is 165 Å². The third-order valence-corrected chi connectivity index (χ3v) is 4.95. The van der Waals surface area contributed by atoms with Gasteiger partial charge in [0, 0.05) is 10.2 Å².